The van der Waals surface area contributed by atoms with Crippen molar-refractivity contribution in [1.29, 1.82) is 0 Å². The number of hydrogen-bond acceptors (Lipinski definition) is 3. The average molecular weight is 349 g/mol. The number of nitrogens with one attached hydrogen (secondary N) is 3. The first kappa shape index (κ1) is 17.9. The van der Waals surface area contributed by atoms with E-state index in [-0.39, 0.29) is 17.6 Å². The Labute approximate surface area is 144 Å². The summed E-state index contributed by atoms with van der Waals surface area (Å²) >= 11 is 1.69. The van der Waals surface area contributed by atoms with Crippen molar-refractivity contribution in [3.8, 4) is 0 Å². The van der Waals surface area contributed by atoms with E-state index in [0.717, 1.165) is 0 Å². The number of aryl methyl sites for hydroxylation is 1. The van der Waals surface area contributed by atoms with Gasteiger partial charge in [0.1, 0.15) is 5.82 Å². The van der Waals surface area contributed by atoms with E-state index in [0.29, 0.717) is 12.1 Å². The molecule has 1 aromatic heterocycles. The lowest BCUT2D eigenvalue weighted by molar-refractivity contribution is -0.114. The highest BCUT2D eigenvalue weighted by atomic mass is 32.1. The topological polar surface area (TPSA) is 70.2 Å². The molecule has 1 unspecified atom stereocenters. The van der Waals surface area contributed by atoms with Crippen LogP contribution in [0.2, 0.25) is 0 Å². The number of amides is 3. The first-order chi connectivity index (χ1) is 11.3. The number of carbonyl (C=O) groups is 2. The Kier molecular flexibility index (Phi) is 5.92. The minimum absolute atomic E-state index is 0.0120. The van der Waals surface area contributed by atoms with E-state index in [1.165, 1.54) is 34.9 Å². The van der Waals surface area contributed by atoms with Crippen LogP contribution in [0.25, 0.3) is 0 Å². The van der Waals surface area contributed by atoms with Crippen LogP contribution < -0.4 is 16.0 Å². The predicted molar refractivity (Wildman–Crippen MR) is 95.1 cm³/mol. The maximum Gasteiger partial charge on any atom is 0.319 e. The first-order valence-corrected chi connectivity index (χ1v) is 8.35. The van der Waals surface area contributed by atoms with Gasteiger partial charge in [-0.25, -0.2) is 9.18 Å². The molecule has 3 N–H and O–H groups in total. The second kappa shape index (κ2) is 7.92. The summed E-state index contributed by atoms with van der Waals surface area (Å²) in [5.41, 5.74) is 0.430. The van der Waals surface area contributed by atoms with Crippen LogP contribution in [0.3, 0.4) is 0 Å². The van der Waals surface area contributed by atoms with Crippen LogP contribution in [0.4, 0.5) is 20.6 Å². The summed E-state index contributed by atoms with van der Waals surface area (Å²) in [6.45, 7) is 5.28. The van der Waals surface area contributed by atoms with Crippen LogP contribution in [0, 0.1) is 12.7 Å². The molecule has 128 valence electrons. The Bertz CT molecular complexity index is 745. The molecule has 0 aliphatic rings. The highest BCUT2D eigenvalue weighted by molar-refractivity contribution is 7.11. The van der Waals surface area contributed by atoms with Gasteiger partial charge in [0.25, 0.3) is 0 Å². The number of carbonyl (C=O) groups excluding carboxylic acids is 2. The molecule has 1 atom stereocenters. The number of anilines is 2. The number of hydrogen-bond donors (Lipinski definition) is 3. The van der Waals surface area contributed by atoms with Crippen LogP contribution in [0.15, 0.2) is 30.3 Å². The van der Waals surface area contributed by atoms with Gasteiger partial charge in [-0.2, -0.15) is 0 Å². The molecular formula is C17H20FN3O2S. The second-order valence-electron chi connectivity index (χ2n) is 5.59. The third kappa shape index (κ3) is 5.34. The van der Waals surface area contributed by atoms with E-state index < -0.39 is 11.8 Å². The molecule has 1 aromatic carbocycles. The molecule has 0 fully saturated rings. The Morgan fingerprint density at radius 2 is 1.96 bits per heavy atom. The largest absolute Gasteiger partial charge is 0.335 e. The Morgan fingerprint density at radius 1 is 1.21 bits per heavy atom. The van der Waals surface area contributed by atoms with Crippen LogP contribution >= 0.6 is 11.3 Å². The Balaban J connectivity index is 1.94. The first-order valence-electron chi connectivity index (χ1n) is 7.53. The van der Waals surface area contributed by atoms with E-state index in [2.05, 4.69) is 16.0 Å². The van der Waals surface area contributed by atoms with Gasteiger partial charge in [-0.1, -0.05) is 0 Å². The maximum absolute atomic E-state index is 13.8. The standard InChI is InChI=1S/C17H20FN3O2S/c1-10(8-14-6-4-11(2)24-14)19-17(23)21-16-9-13(20-12(3)22)5-7-15(16)18/h4-7,9-10H,8H2,1-3H3,(H,20,22)(H2,19,21,23). The van der Waals surface area contributed by atoms with Gasteiger partial charge in [-0.3, -0.25) is 4.79 Å². The number of thiophene rings is 1. The Morgan fingerprint density at radius 3 is 2.58 bits per heavy atom. The minimum Gasteiger partial charge on any atom is -0.335 e. The molecule has 5 nitrogen and oxygen atoms in total. The van der Waals surface area contributed by atoms with E-state index in [9.17, 15) is 14.0 Å². The third-order valence-corrected chi connectivity index (χ3v) is 4.24. The molecule has 1 heterocycles. The van der Waals surface area contributed by atoms with Gasteiger partial charge >= 0.3 is 6.03 Å². The molecule has 0 spiro atoms. The highest BCUT2D eigenvalue weighted by Crippen LogP contribution is 2.20. The van der Waals surface area contributed by atoms with Crippen molar-refractivity contribution in [2.75, 3.05) is 10.6 Å². The maximum atomic E-state index is 13.8. The van der Waals surface area contributed by atoms with E-state index in [1.807, 2.05) is 26.0 Å². The zero-order valence-electron chi connectivity index (χ0n) is 13.8. The molecular weight excluding hydrogens is 329 g/mol. The fraction of sp³-hybridized carbons (Fsp3) is 0.294. The Hall–Kier alpha value is -2.41. The zero-order valence-corrected chi connectivity index (χ0v) is 14.6. The van der Waals surface area contributed by atoms with Crippen molar-refractivity contribution in [3.63, 3.8) is 0 Å². The van der Waals surface area contributed by atoms with Crippen molar-refractivity contribution < 1.29 is 14.0 Å². The molecule has 2 aromatic rings. The van der Waals surface area contributed by atoms with Gasteiger partial charge in [-0.05, 0) is 44.2 Å². The van der Waals surface area contributed by atoms with Crippen LogP contribution in [-0.4, -0.2) is 18.0 Å². The number of rotatable bonds is 5. The smallest absolute Gasteiger partial charge is 0.319 e. The highest BCUT2D eigenvalue weighted by Gasteiger charge is 2.12. The van der Waals surface area contributed by atoms with Crippen LogP contribution in [0.5, 0.6) is 0 Å². The summed E-state index contributed by atoms with van der Waals surface area (Å²) in [5, 5.41) is 7.79. The molecule has 0 saturated heterocycles. The van der Waals surface area contributed by atoms with Gasteiger partial charge in [0.2, 0.25) is 5.91 Å². The summed E-state index contributed by atoms with van der Waals surface area (Å²) in [6, 6.07) is 7.49. The SMILES string of the molecule is CC(=O)Nc1ccc(F)c(NC(=O)NC(C)Cc2ccc(C)s2)c1. The second-order valence-corrected chi connectivity index (χ2v) is 6.96. The number of halogens is 1. The molecule has 7 heteroatoms. The van der Waals surface area contributed by atoms with Crippen molar-refractivity contribution in [1.82, 2.24) is 5.32 Å². The van der Waals surface area contributed by atoms with Crippen LogP contribution in [0.1, 0.15) is 23.6 Å². The summed E-state index contributed by atoms with van der Waals surface area (Å²) in [5.74, 6) is -0.836. The molecule has 0 radical (unpaired) electrons. The van der Waals surface area contributed by atoms with Gasteiger partial charge in [-0.15, -0.1) is 11.3 Å². The summed E-state index contributed by atoms with van der Waals surface area (Å²) in [6.07, 6.45) is 0.709. The van der Waals surface area contributed by atoms with E-state index >= 15 is 0 Å². The molecule has 2 rings (SSSR count). The fourth-order valence-corrected chi connectivity index (χ4v) is 3.25. The molecule has 3 amide bonds. The van der Waals surface area contributed by atoms with E-state index in [1.54, 1.807) is 11.3 Å². The molecule has 0 bridgehead atoms. The van der Waals surface area contributed by atoms with Crippen molar-refractivity contribution in [3.05, 3.63) is 45.9 Å². The van der Waals surface area contributed by atoms with Gasteiger partial charge < -0.3 is 16.0 Å². The summed E-state index contributed by atoms with van der Waals surface area (Å²) in [4.78, 5) is 25.5. The molecule has 24 heavy (non-hydrogen) atoms. The summed E-state index contributed by atoms with van der Waals surface area (Å²) < 4.78 is 13.8. The lowest BCUT2D eigenvalue weighted by atomic mass is 10.2. The quantitative estimate of drug-likeness (QED) is 0.766. The fourth-order valence-electron chi connectivity index (χ4n) is 2.23. The number of urea groups is 1. The predicted octanol–water partition coefficient (Wildman–Crippen LogP) is 3.91. The lowest BCUT2D eigenvalue weighted by Gasteiger charge is -2.15. The van der Waals surface area contributed by atoms with Crippen molar-refractivity contribution >= 4 is 34.6 Å². The minimum atomic E-state index is -0.569. The normalized spacial score (nSPS) is 11.7. The van der Waals surface area contributed by atoms with Crippen molar-refractivity contribution in [2.24, 2.45) is 0 Å². The van der Waals surface area contributed by atoms with Crippen molar-refractivity contribution in [2.45, 2.75) is 33.2 Å². The average Bonchev–Trinajstić information content (AvgIpc) is 2.86. The monoisotopic (exact) mass is 349 g/mol. The van der Waals surface area contributed by atoms with Crippen LogP contribution in [-0.2, 0) is 11.2 Å². The van der Waals surface area contributed by atoms with Gasteiger partial charge in [0.05, 0.1) is 5.69 Å². The lowest BCUT2D eigenvalue weighted by Crippen LogP contribution is -2.37. The zero-order chi connectivity index (χ0) is 17.7. The van der Waals surface area contributed by atoms with E-state index in [4.69, 9.17) is 0 Å². The molecule has 0 aliphatic carbocycles. The molecule has 0 saturated carbocycles. The summed E-state index contributed by atoms with van der Waals surface area (Å²) in [7, 11) is 0. The molecule has 0 aliphatic heterocycles. The van der Waals surface area contributed by atoms with Gasteiger partial charge in [0, 0.05) is 34.8 Å². The third-order valence-electron chi connectivity index (χ3n) is 3.22. The number of benzene rings is 1. The van der Waals surface area contributed by atoms with Gasteiger partial charge in [0.15, 0.2) is 0 Å².